The normalized spacial score (nSPS) is 24.0. The molecule has 0 saturated carbocycles. The largest absolute Gasteiger partial charge is 0.444 e. The van der Waals surface area contributed by atoms with E-state index in [1.54, 1.807) is 11.8 Å². The average molecular weight is 562 g/mol. The van der Waals surface area contributed by atoms with Gasteiger partial charge in [0.1, 0.15) is 12.2 Å². The van der Waals surface area contributed by atoms with E-state index in [-0.39, 0.29) is 29.5 Å². The number of nitrogens with zero attached hydrogens (tertiary/aromatic N) is 4. The monoisotopic (exact) mass is 561 g/mol. The molecular weight excluding hydrogens is 523 g/mol. The van der Waals surface area contributed by atoms with Crippen LogP contribution in [-0.4, -0.2) is 85.8 Å². The number of aromatic nitrogens is 2. The van der Waals surface area contributed by atoms with Crippen LogP contribution in [0.1, 0.15) is 46.1 Å². The Labute approximate surface area is 222 Å². The lowest BCUT2D eigenvalue weighted by Gasteiger charge is -2.47. The quantitative estimate of drug-likeness (QED) is 0.479. The van der Waals surface area contributed by atoms with Crippen molar-refractivity contribution in [1.29, 1.82) is 0 Å². The van der Waals surface area contributed by atoms with E-state index >= 15 is 0 Å². The van der Waals surface area contributed by atoms with E-state index in [4.69, 9.17) is 19.6 Å². The van der Waals surface area contributed by atoms with Gasteiger partial charge in [0.2, 0.25) is 5.95 Å². The first-order chi connectivity index (χ1) is 17.5. The molecule has 3 rings (SSSR count). The molecule has 1 aromatic rings. The third-order valence-corrected chi connectivity index (χ3v) is 12.0. The van der Waals surface area contributed by atoms with Gasteiger partial charge in [0.15, 0.2) is 8.32 Å². The van der Waals surface area contributed by atoms with Crippen molar-refractivity contribution in [1.82, 2.24) is 14.9 Å². The van der Waals surface area contributed by atoms with Crippen molar-refractivity contribution in [3.8, 4) is 0 Å². The van der Waals surface area contributed by atoms with Gasteiger partial charge >= 0.3 is 12.3 Å². The Bertz CT molecular complexity index is 989. The van der Waals surface area contributed by atoms with E-state index in [1.165, 1.54) is 0 Å². The molecule has 214 valence electrons. The molecule has 10 nitrogen and oxygen atoms in total. The number of hydrogen-bond acceptors (Lipinski definition) is 8. The molecule has 0 spiro atoms. The second kappa shape index (κ2) is 11.3. The second-order valence-corrected chi connectivity index (χ2v) is 16.1. The Kier molecular flexibility index (Phi) is 8.98. The highest BCUT2D eigenvalue weighted by molar-refractivity contribution is 6.74. The van der Waals surface area contributed by atoms with Crippen LogP contribution in [0.15, 0.2) is 12.4 Å². The van der Waals surface area contributed by atoms with Crippen molar-refractivity contribution in [3.63, 3.8) is 0 Å². The first-order valence-electron chi connectivity index (χ1n) is 12.7. The number of primary amides is 1. The van der Waals surface area contributed by atoms with Gasteiger partial charge in [-0.15, -0.1) is 0 Å². The van der Waals surface area contributed by atoms with E-state index < -0.39 is 44.5 Å². The van der Waals surface area contributed by atoms with Gasteiger partial charge in [-0.1, -0.05) is 20.8 Å². The van der Waals surface area contributed by atoms with E-state index in [0.717, 1.165) is 12.4 Å². The van der Waals surface area contributed by atoms with Crippen LogP contribution in [0.3, 0.4) is 0 Å². The van der Waals surface area contributed by atoms with Crippen molar-refractivity contribution in [2.75, 3.05) is 31.1 Å². The number of rotatable bonds is 8. The maximum absolute atomic E-state index is 13.3. The summed E-state index contributed by atoms with van der Waals surface area (Å²) in [6.07, 6.45) is -4.49. The lowest BCUT2D eigenvalue weighted by atomic mass is 10.0. The van der Waals surface area contributed by atoms with Crippen molar-refractivity contribution in [2.45, 2.75) is 89.2 Å². The molecule has 0 aliphatic carbocycles. The molecule has 0 radical (unpaired) electrons. The van der Waals surface area contributed by atoms with Gasteiger partial charge < -0.3 is 29.4 Å². The number of nitrogens with two attached hydrogens (primary N) is 1. The molecular formula is C24H38F3N5O5Si. The number of halogens is 3. The topological polar surface area (TPSA) is 120 Å². The summed E-state index contributed by atoms with van der Waals surface area (Å²) in [4.78, 5) is 35.8. The van der Waals surface area contributed by atoms with E-state index in [0.29, 0.717) is 32.5 Å². The summed E-state index contributed by atoms with van der Waals surface area (Å²) >= 11 is 0. The number of ether oxygens (including phenoxy) is 2. The van der Waals surface area contributed by atoms with Crippen molar-refractivity contribution < 1.29 is 36.7 Å². The summed E-state index contributed by atoms with van der Waals surface area (Å²) < 4.78 is 56.3. The van der Waals surface area contributed by atoms with Crippen LogP contribution in [-0.2, 0) is 24.9 Å². The summed E-state index contributed by atoms with van der Waals surface area (Å²) in [5.41, 5.74) is 4.13. The molecule has 2 aliphatic rings. The minimum Gasteiger partial charge on any atom is -0.444 e. The average Bonchev–Trinajstić information content (AvgIpc) is 3.15. The van der Waals surface area contributed by atoms with E-state index in [1.807, 2.05) is 4.90 Å². The van der Waals surface area contributed by atoms with Crippen LogP contribution in [0.5, 0.6) is 0 Å². The second-order valence-electron chi connectivity index (χ2n) is 11.4. The number of anilines is 1. The highest BCUT2D eigenvalue weighted by atomic mass is 28.4. The molecule has 0 bridgehead atoms. The van der Waals surface area contributed by atoms with Crippen LogP contribution in [0.25, 0.3) is 0 Å². The molecule has 0 aromatic carbocycles. The van der Waals surface area contributed by atoms with Gasteiger partial charge in [-0.25, -0.2) is 14.8 Å². The minimum atomic E-state index is -4.52. The van der Waals surface area contributed by atoms with Crippen molar-refractivity contribution in [3.05, 3.63) is 18.0 Å². The molecule has 2 fully saturated rings. The van der Waals surface area contributed by atoms with Gasteiger partial charge in [-0.2, -0.15) is 13.2 Å². The third-order valence-electron chi connectivity index (χ3n) is 7.47. The zero-order valence-corrected chi connectivity index (χ0v) is 23.7. The van der Waals surface area contributed by atoms with Gasteiger partial charge in [0, 0.05) is 38.4 Å². The number of amides is 2. The van der Waals surface area contributed by atoms with Crippen molar-refractivity contribution in [2.24, 2.45) is 5.73 Å². The van der Waals surface area contributed by atoms with Gasteiger partial charge in [0.05, 0.1) is 24.3 Å². The highest BCUT2D eigenvalue weighted by Crippen LogP contribution is 2.39. The lowest BCUT2D eigenvalue weighted by Crippen LogP contribution is -2.60. The third kappa shape index (κ3) is 7.14. The Morgan fingerprint density at radius 1 is 1.18 bits per heavy atom. The molecule has 2 N–H and O–H groups in total. The minimum absolute atomic E-state index is 0.0424. The van der Waals surface area contributed by atoms with E-state index in [9.17, 15) is 22.8 Å². The van der Waals surface area contributed by atoms with Crippen LogP contribution < -0.4 is 10.6 Å². The van der Waals surface area contributed by atoms with Gasteiger partial charge in [0.25, 0.3) is 5.91 Å². The predicted octanol–water partition coefficient (Wildman–Crippen LogP) is 3.57. The summed E-state index contributed by atoms with van der Waals surface area (Å²) in [7, 11) is -2.28. The fourth-order valence-electron chi connectivity index (χ4n) is 4.39. The Morgan fingerprint density at radius 2 is 1.82 bits per heavy atom. The molecule has 2 aliphatic heterocycles. The number of carbonyl (C=O) groups is 2. The van der Waals surface area contributed by atoms with Crippen LogP contribution in [0, 0.1) is 0 Å². The number of hydrogen-bond donors (Lipinski definition) is 1. The van der Waals surface area contributed by atoms with Crippen LogP contribution in [0.2, 0.25) is 18.1 Å². The molecule has 4 atom stereocenters. The number of piperidine rings is 1. The molecule has 38 heavy (non-hydrogen) atoms. The smallest absolute Gasteiger partial charge is 0.419 e. The lowest BCUT2D eigenvalue weighted by molar-refractivity contribution is -0.142. The molecule has 2 saturated heterocycles. The first kappa shape index (κ1) is 30.1. The summed E-state index contributed by atoms with van der Waals surface area (Å²) in [6, 6.07) is -0.241. The fraction of sp³-hybridized carbons (Fsp3) is 0.750. The molecule has 1 aromatic heterocycles. The summed E-state index contributed by atoms with van der Waals surface area (Å²) in [6.45, 7) is 13.5. The number of carbonyl (C=O) groups excluding carboxylic acids is 2. The molecule has 3 heterocycles. The van der Waals surface area contributed by atoms with E-state index in [2.05, 4.69) is 43.8 Å². The zero-order valence-electron chi connectivity index (χ0n) is 22.7. The van der Waals surface area contributed by atoms with Gasteiger partial charge in [-0.3, -0.25) is 4.79 Å². The highest BCUT2D eigenvalue weighted by Gasteiger charge is 2.47. The Morgan fingerprint density at radius 3 is 2.37 bits per heavy atom. The summed E-state index contributed by atoms with van der Waals surface area (Å²) in [5.74, 6) is 0.0296. The molecule has 2 amide bonds. The zero-order chi connectivity index (χ0) is 28.5. The Balaban J connectivity index is 1.76. The molecule has 2 unspecified atom stereocenters. The Hall–Kier alpha value is -2.45. The summed E-state index contributed by atoms with van der Waals surface area (Å²) in [5, 5.41) is -0.0953. The van der Waals surface area contributed by atoms with Crippen LogP contribution >= 0.6 is 0 Å². The SMILES string of the molecule is CC(COC1CCN([C@H]2CCN(c3ncc(C(F)(F)F)cn3)C[C@H]2O[Si](C)(C)C(C)(C)C)C1=O)OC(N)=O. The van der Waals surface area contributed by atoms with Crippen molar-refractivity contribution >= 4 is 26.3 Å². The first-order valence-corrected chi connectivity index (χ1v) is 15.6. The number of alkyl halides is 3. The maximum atomic E-state index is 13.3. The maximum Gasteiger partial charge on any atom is 0.419 e. The van der Waals surface area contributed by atoms with Crippen LogP contribution in [0.4, 0.5) is 23.9 Å². The number of likely N-dealkylation sites (tertiary alicyclic amines) is 1. The predicted molar refractivity (Wildman–Crippen MR) is 136 cm³/mol. The standard InChI is InChI=1S/C24H38F3N5O5Si/c1-15(36-21(28)34)14-35-18-8-10-32(20(18)33)17-7-9-31(13-19(17)37-38(5,6)23(2,3)4)22-29-11-16(12-30-22)24(25,26)27/h11-12,15,17-19H,7-10,13-14H2,1-6H3,(H2,28,34)/t15?,17-,18?,19+/m0/s1. The molecule has 14 heteroatoms. The van der Waals surface area contributed by atoms with Gasteiger partial charge in [-0.05, 0) is 31.5 Å². The fourth-order valence-corrected chi connectivity index (χ4v) is 5.73.